The number of aryl methyl sites for hydroxylation is 2. The van der Waals surface area contributed by atoms with Gasteiger partial charge in [-0.3, -0.25) is 4.90 Å². The van der Waals surface area contributed by atoms with Crippen molar-refractivity contribution in [2.45, 2.75) is 30.7 Å². The van der Waals surface area contributed by atoms with Gasteiger partial charge in [0.05, 0.1) is 4.90 Å². The van der Waals surface area contributed by atoms with Crippen LogP contribution in [0.4, 0.5) is 0 Å². The van der Waals surface area contributed by atoms with E-state index in [0.717, 1.165) is 49.5 Å². The molecule has 4 nitrogen and oxygen atoms in total. The monoisotopic (exact) mass is 390 g/mol. The molecule has 6 heteroatoms. The number of nitrogens with zero attached hydrogens (tertiary/aromatic N) is 2. The summed E-state index contributed by atoms with van der Waals surface area (Å²) in [6, 6.07) is 13.5. The third kappa shape index (κ3) is 3.54. The van der Waals surface area contributed by atoms with E-state index in [1.807, 2.05) is 36.4 Å². The molecular weight excluding hydrogens is 368 g/mol. The van der Waals surface area contributed by atoms with Gasteiger partial charge < -0.3 is 0 Å². The van der Waals surface area contributed by atoms with E-state index in [9.17, 15) is 8.42 Å². The topological polar surface area (TPSA) is 40.6 Å². The average Bonchev–Trinajstić information content (AvgIpc) is 3.12. The van der Waals surface area contributed by atoms with Gasteiger partial charge in [0.1, 0.15) is 0 Å². The number of benzene rings is 2. The highest BCUT2D eigenvalue weighted by atomic mass is 35.5. The molecule has 1 heterocycles. The van der Waals surface area contributed by atoms with Crippen LogP contribution in [-0.2, 0) is 29.4 Å². The fraction of sp³-hybridized carbons (Fsp3) is 0.400. The van der Waals surface area contributed by atoms with Crippen LogP contribution in [0, 0.1) is 0 Å². The van der Waals surface area contributed by atoms with Crippen LogP contribution in [0.5, 0.6) is 0 Å². The first kappa shape index (κ1) is 18.0. The zero-order valence-corrected chi connectivity index (χ0v) is 16.3. The van der Waals surface area contributed by atoms with E-state index in [1.54, 1.807) is 10.4 Å². The molecule has 0 spiro atoms. The molecule has 0 amide bonds. The van der Waals surface area contributed by atoms with Crippen LogP contribution < -0.4 is 0 Å². The molecule has 4 rings (SSSR count). The molecule has 2 aromatic carbocycles. The number of hydrogen-bond donors (Lipinski definition) is 0. The summed E-state index contributed by atoms with van der Waals surface area (Å²) in [6.45, 7) is 3.23. The summed E-state index contributed by atoms with van der Waals surface area (Å²) in [6.07, 6.45) is 3.18. The SMILES string of the molecule is O=S(=O)(c1ccc2c(c1)CCC2)N1CCN(Cc2ccccc2Cl)CC1. The Morgan fingerprint density at radius 2 is 1.65 bits per heavy atom. The zero-order chi connectivity index (χ0) is 18.1. The fourth-order valence-electron chi connectivity index (χ4n) is 3.85. The summed E-state index contributed by atoms with van der Waals surface area (Å²) in [7, 11) is -3.41. The summed E-state index contributed by atoms with van der Waals surface area (Å²) in [5.41, 5.74) is 3.58. The second-order valence-electron chi connectivity index (χ2n) is 7.06. The smallest absolute Gasteiger partial charge is 0.243 e. The van der Waals surface area contributed by atoms with Gasteiger partial charge in [-0.25, -0.2) is 8.42 Å². The first-order chi connectivity index (χ1) is 12.5. The highest BCUT2D eigenvalue weighted by Gasteiger charge is 2.29. The third-order valence-electron chi connectivity index (χ3n) is 5.39. The van der Waals surface area contributed by atoms with Crippen molar-refractivity contribution in [1.82, 2.24) is 9.21 Å². The molecule has 0 bridgehead atoms. The Morgan fingerprint density at radius 1 is 0.923 bits per heavy atom. The Bertz CT molecular complexity index is 906. The summed E-state index contributed by atoms with van der Waals surface area (Å²) < 4.78 is 27.6. The summed E-state index contributed by atoms with van der Waals surface area (Å²) in [5.74, 6) is 0. The molecule has 0 atom stereocenters. The number of hydrogen-bond acceptors (Lipinski definition) is 3. The van der Waals surface area contributed by atoms with Crippen LogP contribution in [-0.4, -0.2) is 43.8 Å². The lowest BCUT2D eigenvalue weighted by atomic mass is 10.1. The molecule has 26 heavy (non-hydrogen) atoms. The minimum absolute atomic E-state index is 0.442. The maximum Gasteiger partial charge on any atom is 0.243 e. The van der Waals surface area contributed by atoms with E-state index in [0.29, 0.717) is 18.0 Å². The van der Waals surface area contributed by atoms with Crippen molar-refractivity contribution in [2.75, 3.05) is 26.2 Å². The number of sulfonamides is 1. The molecule has 2 aromatic rings. The second kappa shape index (κ2) is 7.31. The van der Waals surface area contributed by atoms with Gasteiger partial charge in [0, 0.05) is 37.7 Å². The maximum atomic E-state index is 13.0. The third-order valence-corrected chi connectivity index (χ3v) is 7.65. The number of fused-ring (bicyclic) bond motifs is 1. The quantitative estimate of drug-likeness (QED) is 0.803. The van der Waals surface area contributed by atoms with Gasteiger partial charge >= 0.3 is 0 Å². The first-order valence-corrected chi connectivity index (χ1v) is 10.9. The van der Waals surface area contributed by atoms with Crippen LogP contribution in [0.2, 0.25) is 5.02 Å². The van der Waals surface area contributed by atoms with Gasteiger partial charge in [-0.05, 0) is 54.2 Å². The highest BCUT2D eigenvalue weighted by molar-refractivity contribution is 7.89. The van der Waals surface area contributed by atoms with Crippen molar-refractivity contribution in [1.29, 1.82) is 0 Å². The first-order valence-electron chi connectivity index (χ1n) is 9.12. The standard InChI is InChI=1S/C20H23ClN2O2S/c21-20-7-2-1-4-18(20)15-22-10-12-23(13-11-22)26(24,25)19-9-8-16-5-3-6-17(16)14-19/h1-2,4,7-9,14H,3,5-6,10-13,15H2. The molecule has 138 valence electrons. The lowest BCUT2D eigenvalue weighted by Gasteiger charge is -2.34. The molecule has 0 unspecified atom stereocenters. The minimum Gasteiger partial charge on any atom is -0.296 e. The fourth-order valence-corrected chi connectivity index (χ4v) is 5.52. The Morgan fingerprint density at radius 3 is 2.42 bits per heavy atom. The Balaban J connectivity index is 1.43. The molecule has 2 aliphatic rings. The molecular formula is C20H23ClN2O2S. The van der Waals surface area contributed by atoms with Crippen LogP contribution in [0.1, 0.15) is 23.1 Å². The van der Waals surface area contributed by atoms with E-state index >= 15 is 0 Å². The molecule has 0 radical (unpaired) electrons. The van der Waals surface area contributed by atoms with Crippen molar-refractivity contribution < 1.29 is 8.42 Å². The van der Waals surface area contributed by atoms with Crippen LogP contribution in [0.15, 0.2) is 47.4 Å². The number of rotatable bonds is 4. The molecule has 1 saturated heterocycles. The number of halogens is 1. The lowest BCUT2D eigenvalue weighted by molar-refractivity contribution is 0.181. The molecule has 1 aliphatic carbocycles. The van der Waals surface area contributed by atoms with Crippen LogP contribution in [0.25, 0.3) is 0 Å². The van der Waals surface area contributed by atoms with E-state index in [4.69, 9.17) is 11.6 Å². The summed E-state index contributed by atoms with van der Waals surface area (Å²) >= 11 is 6.24. The van der Waals surface area contributed by atoms with E-state index < -0.39 is 10.0 Å². The highest BCUT2D eigenvalue weighted by Crippen LogP contribution is 2.27. The van der Waals surface area contributed by atoms with Crippen molar-refractivity contribution in [3.05, 3.63) is 64.2 Å². The van der Waals surface area contributed by atoms with Gasteiger partial charge in [-0.15, -0.1) is 0 Å². The average molecular weight is 391 g/mol. The van der Waals surface area contributed by atoms with Gasteiger partial charge in [-0.2, -0.15) is 4.31 Å². The lowest BCUT2D eigenvalue weighted by Crippen LogP contribution is -2.48. The molecule has 1 aliphatic heterocycles. The van der Waals surface area contributed by atoms with Crippen molar-refractivity contribution >= 4 is 21.6 Å². The van der Waals surface area contributed by atoms with Gasteiger partial charge in [0.15, 0.2) is 0 Å². The van der Waals surface area contributed by atoms with E-state index in [1.165, 1.54) is 11.1 Å². The Labute approximate surface area is 160 Å². The van der Waals surface area contributed by atoms with E-state index in [2.05, 4.69) is 4.90 Å². The maximum absolute atomic E-state index is 13.0. The number of piperazine rings is 1. The molecule has 0 saturated carbocycles. The predicted octanol–water partition coefficient (Wildman–Crippen LogP) is 3.34. The Kier molecular flexibility index (Phi) is 5.06. The largest absolute Gasteiger partial charge is 0.296 e. The van der Waals surface area contributed by atoms with E-state index in [-0.39, 0.29) is 0 Å². The van der Waals surface area contributed by atoms with Gasteiger partial charge in [0.2, 0.25) is 10.0 Å². The zero-order valence-electron chi connectivity index (χ0n) is 14.7. The van der Waals surface area contributed by atoms with Gasteiger partial charge in [0.25, 0.3) is 0 Å². The molecule has 1 fully saturated rings. The molecule has 0 aromatic heterocycles. The van der Waals surface area contributed by atoms with Gasteiger partial charge in [-0.1, -0.05) is 35.9 Å². The van der Waals surface area contributed by atoms with Crippen molar-refractivity contribution in [3.8, 4) is 0 Å². The summed E-state index contributed by atoms with van der Waals surface area (Å²) in [5, 5.41) is 0.765. The minimum atomic E-state index is -3.41. The second-order valence-corrected chi connectivity index (χ2v) is 9.40. The van der Waals surface area contributed by atoms with Crippen molar-refractivity contribution in [3.63, 3.8) is 0 Å². The predicted molar refractivity (Wildman–Crippen MR) is 104 cm³/mol. The normalized spacial score (nSPS) is 18.8. The van der Waals surface area contributed by atoms with Crippen LogP contribution in [0.3, 0.4) is 0 Å². The Hall–Kier alpha value is -1.40. The van der Waals surface area contributed by atoms with Crippen molar-refractivity contribution in [2.24, 2.45) is 0 Å². The van der Waals surface area contributed by atoms with Crippen LogP contribution >= 0.6 is 11.6 Å². The molecule has 0 N–H and O–H groups in total. The summed E-state index contributed by atoms with van der Waals surface area (Å²) in [4.78, 5) is 2.70.